The van der Waals surface area contributed by atoms with E-state index in [1.165, 1.54) is 3.97 Å². The first-order valence-corrected chi connectivity index (χ1v) is 11.6. The van der Waals surface area contributed by atoms with Crippen LogP contribution in [0.4, 0.5) is 11.6 Å². The molecule has 6 nitrogen and oxygen atoms in total. The standard InChI is InChI=1S/C24H25N3O3S/c1-5-30-20-10-8-19(9-11-20)25-24-26-22-14-17(3)18(4)15-23(22)27(24)31(28,29)21-12-6-16(2)7-13-21/h6-15H,5H2,1-4H3,(H,25,26). The molecule has 0 aliphatic carbocycles. The third-order valence-corrected chi connectivity index (χ3v) is 6.93. The summed E-state index contributed by atoms with van der Waals surface area (Å²) in [7, 11) is -3.87. The molecule has 0 fully saturated rings. The van der Waals surface area contributed by atoms with Gasteiger partial charge < -0.3 is 10.1 Å². The summed E-state index contributed by atoms with van der Waals surface area (Å²) in [6.07, 6.45) is 0. The van der Waals surface area contributed by atoms with Crippen molar-refractivity contribution in [2.45, 2.75) is 32.6 Å². The fraction of sp³-hybridized carbons (Fsp3) is 0.208. The van der Waals surface area contributed by atoms with E-state index in [0.29, 0.717) is 23.3 Å². The van der Waals surface area contributed by atoms with Gasteiger partial charge in [-0.1, -0.05) is 17.7 Å². The van der Waals surface area contributed by atoms with Crippen molar-refractivity contribution >= 4 is 32.7 Å². The van der Waals surface area contributed by atoms with Crippen molar-refractivity contribution in [2.24, 2.45) is 0 Å². The second kappa shape index (κ2) is 8.07. The van der Waals surface area contributed by atoms with E-state index in [-0.39, 0.29) is 10.8 Å². The van der Waals surface area contributed by atoms with Crippen LogP contribution in [-0.2, 0) is 10.0 Å². The van der Waals surface area contributed by atoms with Gasteiger partial charge in [-0.3, -0.25) is 0 Å². The Bertz CT molecular complexity index is 1340. The molecule has 0 saturated heterocycles. The van der Waals surface area contributed by atoms with E-state index in [2.05, 4.69) is 10.3 Å². The number of aromatic nitrogens is 2. The van der Waals surface area contributed by atoms with Gasteiger partial charge in [-0.15, -0.1) is 0 Å². The lowest BCUT2D eigenvalue weighted by molar-refractivity contribution is 0.340. The van der Waals surface area contributed by atoms with Gasteiger partial charge in [0.1, 0.15) is 5.75 Å². The van der Waals surface area contributed by atoms with Crippen molar-refractivity contribution in [1.82, 2.24) is 8.96 Å². The van der Waals surface area contributed by atoms with E-state index in [1.54, 1.807) is 24.3 Å². The summed E-state index contributed by atoms with van der Waals surface area (Å²) in [5, 5.41) is 3.17. The summed E-state index contributed by atoms with van der Waals surface area (Å²) in [5.41, 5.74) is 4.92. The highest BCUT2D eigenvalue weighted by molar-refractivity contribution is 7.90. The van der Waals surface area contributed by atoms with Gasteiger partial charge in [0.05, 0.1) is 22.5 Å². The van der Waals surface area contributed by atoms with E-state index >= 15 is 0 Å². The van der Waals surface area contributed by atoms with Crippen molar-refractivity contribution in [3.8, 4) is 5.75 Å². The van der Waals surface area contributed by atoms with Crippen LogP contribution < -0.4 is 10.1 Å². The summed E-state index contributed by atoms with van der Waals surface area (Å²) in [4.78, 5) is 4.83. The van der Waals surface area contributed by atoms with Crippen molar-refractivity contribution in [3.63, 3.8) is 0 Å². The quantitative estimate of drug-likeness (QED) is 0.442. The lowest BCUT2D eigenvalue weighted by Gasteiger charge is -2.13. The van der Waals surface area contributed by atoms with E-state index in [0.717, 1.165) is 22.4 Å². The van der Waals surface area contributed by atoms with Crippen molar-refractivity contribution in [3.05, 3.63) is 77.4 Å². The molecular weight excluding hydrogens is 410 g/mol. The molecule has 0 unspecified atom stereocenters. The van der Waals surface area contributed by atoms with Gasteiger partial charge in [-0.2, -0.15) is 0 Å². The summed E-state index contributed by atoms with van der Waals surface area (Å²) in [5.74, 6) is 0.991. The first-order chi connectivity index (χ1) is 14.8. The van der Waals surface area contributed by atoms with Crippen molar-refractivity contribution in [1.29, 1.82) is 0 Å². The lowest BCUT2D eigenvalue weighted by atomic mass is 10.1. The Morgan fingerprint density at radius 1 is 0.935 bits per heavy atom. The molecule has 0 aliphatic rings. The fourth-order valence-electron chi connectivity index (χ4n) is 3.38. The monoisotopic (exact) mass is 435 g/mol. The van der Waals surface area contributed by atoms with Crippen LogP contribution in [0.5, 0.6) is 5.75 Å². The number of fused-ring (bicyclic) bond motifs is 1. The van der Waals surface area contributed by atoms with Crippen LogP contribution in [0.15, 0.2) is 65.6 Å². The third kappa shape index (κ3) is 4.01. The second-order valence-electron chi connectivity index (χ2n) is 7.53. The molecule has 1 aromatic heterocycles. The van der Waals surface area contributed by atoms with E-state index in [1.807, 2.05) is 64.1 Å². The molecular formula is C24H25N3O3S. The molecule has 1 N–H and O–H groups in total. The van der Waals surface area contributed by atoms with Crippen LogP contribution in [0.2, 0.25) is 0 Å². The highest BCUT2D eigenvalue weighted by Gasteiger charge is 2.25. The number of nitrogens with one attached hydrogen (secondary N) is 1. The van der Waals surface area contributed by atoms with Gasteiger partial charge in [0, 0.05) is 5.69 Å². The molecule has 0 atom stereocenters. The molecule has 160 valence electrons. The highest BCUT2D eigenvalue weighted by Crippen LogP contribution is 2.30. The van der Waals surface area contributed by atoms with Crippen LogP contribution >= 0.6 is 0 Å². The molecule has 31 heavy (non-hydrogen) atoms. The minimum absolute atomic E-state index is 0.213. The predicted octanol–water partition coefficient (Wildman–Crippen LogP) is 5.34. The zero-order valence-electron chi connectivity index (χ0n) is 18.0. The Kier molecular flexibility index (Phi) is 5.45. The van der Waals surface area contributed by atoms with Gasteiger partial charge in [-0.05, 0) is 87.4 Å². The number of hydrogen-bond donors (Lipinski definition) is 1. The molecule has 0 radical (unpaired) electrons. The average Bonchev–Trinajstić information content (AvgIpc) is 3.07. The normalized spacial score (nSPS) is 11.6. The molecule has 0 aliphatic heterocycles. The molecule has 3 aromatic carbocycles. The molecule has 4 rings (SSSR count). The van der Waals surface area contributed by atoms with Gasteiger partial charge in [0.15, 0.2) is 0 Å². The molecule has 0 bridgehead atoms. The predicted molar refractivity (Wildman–Crippen MR) is 124 cm³/mol. The zero-order valence-corrected chi connectivity index (χ0v) is 18.8. The van der Waals surface area contributed by atoms with Crippen LogP contribution in [0.25, 0.3) is 11.0 Å². The number of imidazole rings is 1. The van der Waals surface area contributed by atoms with Crippen LogP contribution in [-0.4, -0.2) is 24.0 Å². The SMILES string of the molecule is CCOc1ccc(Nc2nc3cc(C)c(C)cc3n2S(=O)(=O)c2ccc(C)cc2)cc1. The van der Waals surface area contributed by atoms with Crippen molar-refractivity contribution < 1.29 is 13.2 Å². The Morgan fingerprint density at radius 2 is 1.58 bits per heavy atom. The van der Waals surface area contributed by atoms with Crippen LogP contribution in [0.3, 0.4) is 0 Å². The largest absolute Gasteiger partial charge is 0.494 e. The minimum atomic E-state index is -3.87. The van der Waals surface area contributed by atoms with E-state index in [4.69, 9.17) is 4.74 Å². The molecule has 4 aromatic rings. The van der Waals surface area contributed by atoms with Crippen molar-refractivity contribution in [2.75, 3.05) is 11.9 Å². The fourth-order valence-corrected chi connectivity index (χ4v) is 4.79. The third-order valence-electron chi connectivity index (χ3n) is 5.21. The van der Waals surface area contributed by atoms with Gasteiger partial charge >= 0.3 is 0 Å². The molecule has 0 amide bonds. The number of benzene rings is 3. The number of rotatable bonds is 6. The van der Waals surface area contributed by atoms with Crippen LogP contribution in [0.1, 0.15) is 23.6 Å². The lowest BCUT2D eigenvalue weighted by Crippen LogP contribution is -2.15. The summed E-state index contributed by atoms with van der Waals surface area (Å²) >= 11 is 0. The first-order valence-electron chi connectivity index (χ1n) is 10.1. The maximum absolute atomic E-state index is 13.6. The zero-order chi connectivity index (χ0) is 22.2. The number of anilines is 2. The second-order valence-corrected chi connectivity index (χ2v) is 9.31. The Hall–Kier alpha value is -3.32. The highest BCUT2D eigenvalue weighted by atomic mass is 32.2. The number of ether oxygens (including phenoxy) is 1. The van der Waals surface area contributed by atoms with Crippen LogP contribution in [0, 0.1) is 20.8 Å². The summed E-state index contributed by atoms with van der Waals surface area (Å²) in [6, 6.07) is 18.0. The molecule has 0 saturated carbocycles. The topological polar surface area (TPSA) is 73.2 Å². The maximum atomic E-state index is 13.6. The Balaban J connectivity index is 1.87. The Labute approximate surface area is 182 Å². The van der Waals surface area contributed by atoms with Gasteiger partial charge in [0.2, 0.25) is 5.95 Å². The molecule has 1 heterocycles. The first kappa shape index (κ1) is 20.9. The smallest absolute Gasteiger partial charge is 0.271 e. The number of aryl methyl sites for hydroxylation is 3. The Morgan fingerprint density at radius 3 is 2.23 bits per heavy atom. The molecule has 7 heteroatoms. The maximum Gasteiger partial charge on any atom is 0.271 e. The van der Waals surface area contributed by atoms with E-state index in [9.17, 15) is 8.42 Å². The number of hydrogen-bond acceptors (Lipinski definition) is 5. The van der Waals surface area contributed by atoms with Gasteiger partial charge in [0.25, 0.3) is 10.0 Å². The summed E-state index contributed by atoms with van der Waals surface area (Å²) in [6.45, 7) is 8.38. The van der Waals surface area contributed by atoms with Gasteiger partial charge in [-0.25, -0.2) is 17.4 Å². The van der Waals surface area contributed by atoms with E-state index < -0.39 is 10.0 Å². The summed E-state index contributed by atoms with van der Waals surface area (Å²) < 4.78 is 34.0. The average molecular weight is 436 g/mol. The molecule has 0 spiro atoms. The number of nitrogens with zero attached hydrogens (tertiary/aromatic N) is 2. The minimum Gasteiger partial charge on any atom is -0.494 e.